The lowest BCUT2D eigenvalue weighted by atomic mass is 9.94. The normalized spacial score (nSPS) is 23.4. The van der Waals surface area contributed by atoms with E-state index in [-0.39, 0.29) is 11.5 Å². The van der Waals surface area contributed by atoms with Gasteiger partial charge in [-0.25, -0.2) is 0 Å². The average molecular weight is 283 g/mol. The van der Waals surface area contributed by atoms with Crippen molar-refractivity contribution >= 4 is 11.8 Å². The van der Waals surface area contributed by atoms with Gasteiger partial charge in [0.25, 0.3) is 0 Å². The summed E-state index contributed by atoms with van der Waals surface area (Å²) in [5.74, 6) is -0.964. The van der Waals surface area contributed by atoms with Gasteiger partial charge in [0.2, 0.25) is 5.75 Å². The number of aromatic hydroxyl groups is 3. The van der Waals surface area contributed by atoms with E-state index in [4.69, 9.17) is 0 Å². The van der Waals surface area contributed by atoms with Crippen molar-refractivity contribution in [2.24, 2.45) is 0 Å². The van der Waals surface area contributed by atoms with E-state index in [0.717, 1.165) is 6.42 Å². The van der Waals surface area contributed by atoms with Gasteiger partial charge in [-0.15, -0.1) is 0 Å². The summed E-state index contributed by atoms with van der Waals surface area (Å²) in [5.41, 5.74) is 0.612. The molecule has 1 aromatic rings. The van der Waals surface area contributed by atoms with Crippen molar-refractivity contribution < 1.29 is 15.3 Å². The highest BCUT2D eigenvalue weighted by Crippen LogP contribution is 2.37. The number of phenols is 3. The lowest BCUT2D eigenvalue weighted by Gasteiger charge is -2.31. The number of hydrogen-bond acceptors (Lipinski definition) is 5. The molecule has 0 amide bonds. The lowest BCUT2D eigenvalue weighted by Crippen LogP contribution is -2.39. The quantitative estimate of drug-likeness (QED) is 0.639. The Balaban J connectivity index is 2.00. The van der Waals surface area contributed by atoms with Gasteiger partial charge in [0.05, 0.1) is 0 Å². The first-order chi connectivity index (χ1) is 9.13. The van der Waals surface area contributed by atoms with Crippen LogP contribution in [0, 0.1) is 0 Å². The van der Waals surface area contributed by atoms with Gasteiger partial charge in [-0.05, 0) is 25.2 Å². The third-order valence-electron chi connectivity index (χ3n) is 3.77. The fourth-order valence-corrected chi connectivity index (χ4v) is 3.57. The highest BCUT2D eigenvalue weighted by atomic mass is 32.2. The summed E-state index contributed by atoms with van der Waals surface area (Å²) >= 11 is 1.88. The van der Waals surface area contributed by atoms with Crippen LogP contribution in [0.5, 0.6) is 17.2 Å². The first-order valence-electron chi connectivity index (χ1n) is 6.62. The van der Waals surface area contributed by atoms with Gasteiger partial charge in [0.1, 0.15) is 0 Å². The summed E-state index contributed by atoms with van der Waals surface area (Å²) in [6.45, 7) is 0.501. The van der Waals surface area contributed by atoms with Gasteiger partial charge in [0, 0.05) is 23.4 Å². The van der Waals surface area contributed by atoms with Crippen molar-refractivity contribution in [1.29, 1.82) is 0 Å². The number of phenolic OH excluding ortho intramolecular Hbond substituents is 3. The van der Waals surface area contributed by atoms with E-state index in [9.17, 15) is 15.3 Å². The van der Waals surface area contributed by atoms with Gasteiger partial charge in [-0.3, -0.25) is 0 Å². The van der Waals surface area contributed by atoms with Crippen LogP contribution < -0.4 is 5.32 Å². The van der Waals surface area contributed by atoms with Crippen molar-refractivity contribution in [2.45, 2.75) is 43.5 Å². The number of benzene rings is 1. The van der Waals surface area contributed by atoms with Crippen molar-refractivity contribution in [3.8, 4) is 17.2 Å². The molecule has 5 heteroatoms. The average Bonchev–Trinajstić information content (AvgIpc) is 2.44. The molecule has 1 aliphatic rings. The minimum absolute atomic E-state index is 0.232. The molecule has 2 rings (SSSR count). The molecule has 2 atom stereocenters. The van der Waals surface area contributed by atoms with E-state index in [1.807, 2.05) is 11.8 Å². The van der Waals surface area contributed by atoms with Gasteiger partial charge < -0.3 is 20.6 Å². The van der Waals surface area contributed by atoms with Crippen LogP contribution >= 0.6 is 11.8 Å². The maximum atomic E-state index is 9.78. The van der Waals surface area contributed by atoms with Gasteiger partial charge in [-0.1, -0.05) is 18.9 Å². The lowest BCUT2D eigenvalue weighted by molar-refractivity contribution is 0.356. The van der Waals surface area contributed by atoms with Crippen LogP contribution in [0.2, 0.25) is 0 Å². The van der Waals surface area contributed by atoms with Crippen molar-refractivity contribution in [1.82, 2.24) is 5.32 Å². The highest BCUT2D eigenvalue weighted by Gasteiger charge is 2.24. The standard InChI is InChI=1S/C14H21NO3S/c1-19-12-5-3-2-4-10(12)15-8-9-6-7-11(16)14(18)13(9)17/h6-7,10,12,15-18H,2-5,8H2,1H3. The Morgan fingerprint density at radius 2 is 1.89 bits per heavy atom. The Kier molecular flexibility index (Phi) is 4.82. The molecular formula is C14H21NO3S. The third kappa shape index (κ3) is 3.28. The SMILES string of the molecule is CSC1CCCCC1NCc1ccc(O)c(O)c1O. The fourth-order valence-electron chi connectivity index (χ4n) is 2.61. The molecule has 19 heavy (non-hydrogen) atoms. The first-order valence-corrected chi connectivity index (χ1v) is 7.91. The smallest absolute Gasteiger partial charge is 0.200 e. The van der Waals surface area contributed by atoms with Crippen LogP contribution in [0.4, 0.5) is 0 Å². The molecule has 0 heterocycles. The second-order valence-corrected chi connectivity index (χ2v) is 6.06. The first kappa shape index (κ1) is 14.3. The largest absolute Gasteiger partial charge is 0.504 e. The van der Waals surface area contributed by atoms with Gasteiger partial charge in [0.15, 0.2) is 11.5 Å². The minimum atomic E-state index is -0.440. The summed E-state index contributed by atoms with van der Waals surface area (Å²) in [4.78, 5) is 0. The molecule has 1 aromatic carbocycles. The summed E-state index contributed by atoms with van der Waals surface area (Å²) in [7, 11) is 0. The topological polar surface area (TPSA) is 72.7 Å². The number of nitrogens with one attached hydrogen (secondary N) is 1. The van der Waals surface area contributed by atoms with E-state index < -0.39 is 5.75 Å². The molecule has 0 aliphatic heterocycles. The zero-order chi connectivity index (χ0) is 13.8. The summed E-state index contributed by atoms with van der Waals surface area (Å²) in [6, 6.07) is 3.48. The molecule has 0 saturated heterocycles. The minimum Gasteiger partial charge on any atom is -0.504 e. The summed E-state index contributed by atoms with van der Waals surface area (Å²) in [5, 5.41) is 32.6. The number of rotatable bonds is 4. The number of thioether (sulfide) groups is 1. The maximum absolute atomic E-state index is 9.78. The van der Waals surface area contributed by atoms with Gasteiger partial charge in [-0.2, -0.15) is 11.8 Å². The molecule has 1 fully saturated rings. The predicted octanol–water partition coefficient (Wildman–Crippen LogP) is 2.57. The molecule has 0 aromatic heterocycles. The highest BCUT2D eigenvalue weighted by molar-refractivity contribution is 7.99. The fraction of sp³-hybridized carbons (Fsp3) is 0.571. The van der Waals surface area contributed by atoms with E-state index in [0.29, 0.717) is 23.4 Å². The predicted molar refractivity (Wildman–Crippen MR) is 77.8 cm³/mol. The zero-order valence-corrected chi connectivity index (χ0v) is 11.9. The summed E-state index contributed by atoms with van der Waals surface area (Å²) in [6.07, 6.45) is 7.03. The Hall–Kier alpha value is -1.07. The number of hydrogen-bond donors (Lipinski definition) is 4. The Bertz CT molecular complexity index is 439. The van der Waals surface area contributed by atoms with E-state index in [1.165, 1.54) is 25.3 Å². The molecule has 4 N–H and O–H groups in total. The van der Waals surface area contributed by atoms with Crippen LogP contribution in [0.1, 0.15) is 31.2 Å². The third-order valence-corrected chi connectivity index (χ3v) is 4.94. The Morgan fingerprint density at radius 1 is 1.16 bits per heavy atom. The van der Waals surface area contributed by atoms with Crippen LogP contribution in [-0.2, 0) is 6.54 Å². The van der Waals surface area contributed by atoms with E-state index in [2.05, 4.69) is 11.6 Å². The maximum Gasteiger partial charge on any atom is 0.200 e. The monoisotopic (exact) mass is 283 g/mol. The van der Waals surface area contributed by atoms with Crippen LogP contribution in [-0.4, -0.2) is 32.9 Å². The zero-order valence-electron chi connectivity index (χ0n) is 11.1. The van der Waals surface area contributed by atoms with Crippen molar-refractivity contribution in [3.63, 3.8) is 0 Å². The Morgan fingerprint density at radius 3 is 2.63 bits per heavy atom. The van der Waals surface area contributed by atoms with Gasteiger partial charge >= 0.3 is 0 Å². The van der Waals surface area contributed by atoms with E-state index in [1.54, 1.807) is 6.07 Å². The van der Waals surface area contributed by atoms with Crippen molar-refractivity contribution in [3.05, 3.63) is 17.7 Å². The molecule has 0 radical (unpaired) electrons. The molecular weight excluding hydrogens is 262 g/mol. The molecule has 106 valence electrons. The summed E-state index contributed by atoms with van der Waals surface area (Å²) < 4.78 is 0. The molecule has 0 spiro atoms. The van der Waals surface area contributed by atoms with Crippen LogP contribution in [0.25, 0.3) is 0 Å². The second kappa shape index (κ2) is 6.39. The molecule has 1 saturated carbocycles. The molecule has 1 aliphatic carbocycles. The van der Waals surface area contributed by atoms with E-state index >= 15 is 0 Å². The van der Waals surface area contributed by atoms with Crippen LogP contribution in [0.15, 0.2) is 12.1 Å². The Labute approximate surface area is 117 Å². The second-order valence-electron chi connectivity index (χ2n) is 4.99. The molecule has 0 bridgehead atoms. The van der Waals surface area contributed by atoms with Crippen LogP contribution in [0.3, 0.4) is 0 Å². The molecule has 2 unspecified atom stereocenters. The molecule has 4 nitrogen and oxygen atoms in total. The van der Waals surface area contributed by atoms with Crippen molar-refractivity contribution in [2.75, 3.05) is 6.26 Å².